The molecule has 0 saturated carbocycles. The van der Waals surface area contributed by atoms with Gasteiger partial charge in [0.05, 0.1) is 16.9 Å². The zero-order valence-electron chi connectivity index (χ0n) is 12.9. The number of halogens is 3. The highest BCUT2D eigenvalue weighted by Crippen LogP contribution is 2.34. The second-order valence-corrected chi connectivity index (χ2v) is 5.91. The van der Waals surface area contributed by atoms with Crippen molar-refractivity contribution in [3.63, 3.8) is 0 Å². The zero-order valence-corrected chi connectivity index (χ0v) is 13.7. The molecule has 0 bridgehead atoms. The van der Waals surface area contributed by atoms with Crippen molar-refractivity contribution in [3.8, 4) is 0 Å². The molecule has 0 aliphatic heterocycles. The Morgan fingerprint density at radius 3 is 2.67 bits per heavy atom. The van der Waals surface area contributed by atoms with Crippen molar-refractivity contribution in [2.75, 3.05) is 17.2 Å². The highest BCUT2D eigenvalue weighted by Gasteiger charge is 2.31. The molecule has 2 aromatic rings. The van der Waals surface area contributed by atoms with Crippen LogP contribution in [0.1, 0.15) is 34.4 Å². The lowest BCUT2D eigenvalue weighted by Crippen LogP contribution is -2.16. The van der Waals surface area contributed by atoms with Crippen molar-refractivity contribution < 1.29 is 18.0 Å². The maximum atomic E-state index is 12.9. The number of carbonyl (C=O) groups is 1. The average molecular weight is 358 g/mol. The number of aromatic nitrogens is 1. The Morgan fingerprint density at radius 2 is 2.08 bits per heavy atom. The Hall–Kier alpha value is -2.13. The summed E-state index contributed by atoms with van der Waals surface area (Å²) in [5.74, 6) is -0.579. The number of alkyl halides is 3. The maximum Gasteiger partial charge on any atom is 0.416 e. The van der Waals surface area contributed by atoms with Crippen LogP contribution in [0.25, 0.3) is 0 Å². The van der Waals surface area contributed by atoms with Crippen LogP contribution in [-0.4, -0.2) is 17.4 Å². The maximum absolute atomic E-state index is 12.9. The standard InChI is InChI=1S/C15H17F3N4OS/c1-2-5-20-10-4-3-9(15(16,17)18)6-11(10)22-14(23)12-8-24-13(7-19)21-12/h3-4,6,8,20H,2,5,7,19H2,1H3,(H,22,23). The molecule has 0 aliphatic rings. The first-order valence-electron chi connectivity index (χ1n) is 7.26. The van der Waals surface area contributed by atoms with Crippen LogP contribution in [0.4, 0.5) is 24.5 Å². The summed E-state index contributed by atoms with van der Waals surface area (Å²) in [4.78, 5) is 16.2. The van der Waals surface area contributed by atoms with Crippen LogP contribution in [0, 0.1) is 0 Å². The molecule has 0 fully saturated rings. The molecule has 0 aliphatic carbocycles. The molecule has 130 valence electrons. The summed E-state index contributed by atoms with van der Waals surface area (Å²) in [7, 11) is 0. The van der Waals surface area contributed by atoms with E-state index in [9.17, 15) is 18.0 Å². The van der Waals surface area contributed by atoms with Crippen LogP contribution in [0.5, 0.6) is 0 Å². The summed E-state index contributed by atoms with van der Waals surface area (Å²) in [6.07, 6.45) is -3.70. The van der Waals surface area contributed by atoms with E-state index in [1.807, 2.05) is 6.92 Å². The molecule has 0 atom stereocenters. The minimum Gasteiger partial charge on any atom is -0.383 e. The number of anilines is 2. The molecule has 24 heavy (non-hydrogen) atoms. The monoisotopic (exact) mass is 358 g/mol. The third-order valence-corrected chi connectivity index (χ3v) is 3.99. The molecular weight excluding hydrogens is 341 g/mol. The lowest BCUT2D eigenvalue weighted by atomic mass is 10.1. The molecule has 1 aromatic heterocycles. The zero-order chi connectivity index (χ0) is 17.7. The first kappa shape index (κ1) is 18.2. The number of hydrogen-bond donors (Lipinski definition) is 3. The van der Waals surface area contributed by atoms with Crippen molar-refractivity contribution in [2.45, 2.75) is 26.1 Å². The van der Waals surface area contributed by atoms with Crippen LogP contribution >= 0.6 is 11.3 Å². The average Bonchev–Trinajstić information content (AvgIpc) is 3.02. The van der Waals surface area contributed by atoms with E-state index in [2.05, 4.69) is 15.6 Å². The fourth-order valence-corrected chi connectivity index (χ4v) is 2.59. The minimum atomic E-state index is -4.49. The number of nitrogens with zero attached hydrogens (tertiary/aromatic N) is 1. The fraction of sp³-hybridized carbons (Fsp3) is 0.333. The van der Waals surface area contributed by atoms with E-state index < -0.39 is 17.6 Å². The smallest absolute Gasteiger partial charge is 0.383 e. The Bertz CT molecular complexity index is 715. The van der Waals surface area contributed by atoms with Gasteiger partial charge in [-0.2, -0.15) is 13.2 Å². The summed E-state index contributed by atoms with van der Waals surface area (Å²) in [5.41, 5.74) is 5.22. The first-order chi connectivity index (χ1) is 11.3. The second kappa shape index (κ2) is 7.63. The molecule has 0 spiro atoms. The topological polar surface area (TPSA) is 80.0 Å². The fourth-order valence-electron chi connectivity index (χ4n) is 1.93. The van der Waals surface area contributed by atoms with E-state index in [0.717, 1.165) is 18.6 Å². The first-order valence-corrected chi connectivity index (χ1v) is 8.14. The molecule has 0 unspecified atom stereocenters. The number of nitrogens with two attached hydrogens (primary N) is 1. The van der Waals surface area contributed by atoms with E-state index in [0.29, 0.717) is 17.2 Å². The second-order valence-electron chi connectivity index (χ2n) is 4.97. The molecule has 0 saturated heterocycles. The number of hydrogen-bond acceptors (Lipinski definition) is 5. The predicted molar refractivity (Wildman–Crippen MR) is 88.2 cm³/mol. The van der Waals surface area contributed by atoms with Gasteiger partial charge in [0.15, 0.2) is 0 Å². The molecule has 4 N–H and O–H groups in total. The van der Waals surface area contributed by atoms with Crippen LogP contribution in [0.2, 0.25) is 0 Å². The summed E-state index contributed by atoms with van der Waals surface area (Å²) < 4.78 is 38.7. The Labute approximate surface area is 141 Å². The van der Waals surface area contributed by atoms with Crippen LogP contribution in [-0.2, 0) is 12.7 Å². The number of carbonyl (C=O) groups excluding carboxylic acids is 1. The largest absolute Gasteiger partial charge is 0.416 e. The third-order valence-electron chi connectivity index (χ3n) is 3.12. The van der Waals surface area contributed by atoms with E-state index in [1.165, 1.54) is 22.8 Å². The normalized spacial score (nSPS) is 11.4. The molecule has 0 radical (unpaired) electrons. The minimum absolute atomic E-state index is 0.0607. The van der Waals surface area contributed by atoms with E-state index in [4.69, 9.17) is 5.73 Å². The molecule has 1 heterocycles. The van der Waals surface area contributed by atoms with Crippen molar-refractivity contribution in [1.82, 2.24) is 4.98 Å². The van der Waals surface area contributed by atoms with Gasteiger partial charge in [-0.15, -0.1) is 11.3 Å². The van der Waals surface area contributed by atoms with Gasteiger partial charge < -0.3 is 16.4 Å². The molecule has 1 aromatic carbocycles. The quantitative estimate of drug-likeness (QED) is 0.736. The van der Waals surface area contributed by atoms with Gasteiger partial charge in [-0.25, -0.2) is 4.98 Å². The van der Waals surface area contributed by atoms with E-state index >= 15 is 0 Å². The Kier molecular flexibility index (Phi) is 5.79. The number of benzene rings is 1. The van der Waals surface area contributed by atoms with E-state index in [1.54, 1.807) is 0 Å². The highest BCUT2D eigenvalue weighted by atomic mass is 32.1. The molecule has 1 amide bonds. The summed E-state index contributed by atoms with van der Waals surface area (Å²) in [6.45, 7) is 2.70. The van der Waals surface area contributed by atoms with Gasteiger partial charge in [0.1, 0.15) is 10.7 Å². The van der Waals surface area contributed by atoms with Gasteiger partial charge in [-0.3, -0.25) is 4.79 Å². The SMILES string of the molecule is CCCNc1ccc(C(F)(F)F)cc1NC(=O)c1csc(CN)n1. The Morgan fingerprint density at radius 1 is 1.33 bits per heavy atom. The van der Waals surface area contributed by atoms with Gasteiger partial charge in [-0.05, 0) is 24.6 Å². The van der Waals surface area contributed by atoms with Crippen molar-refractivity contribution >= 4 is 28.6 Å². The predicted octanol–water partition coefficient (Wildman–Crippen LogP) is 3.69. The molecule has 5 nitrogen and oxygen atoms in total. The lowest BCUT2D eigenvalue weighted by molar-refractivity contribution is -0.137. The van der Waals surface area contributed by atoms with Crippen LogP contribution < -0.4 is 16.4 Å². The Balaban J connectivity index is 2.29. The van der Waals surface area contributed by atoms with Crippen LogP contribution in [0.15, 0.2) is 23.6 Å². The van der Waals surface area contributed by atoms with Gasteiger partial charge in [0.2, 0.25) is 0 Å². The van der Waals surface area contributed by atoms with Crippen molar-refractivity contribution in [2.24, 2.45) is 5.73 Å². The number of nitrogens with one attached hydrogen (secondary N) is 2. The van der Waals surface area contributed by atoms with Crippen molar-refractivity contribution in [1.29, 1.82) is 0 Å². The number of rotatable bonds is 6. The third kappa shape index (κ3) is 4.45. The van der Waals surface area contributed by atoms with Gasteiger partial charge >= 0.3 is 6.18 Å². The van der Waals surface area contributed by atoms with E-state index in [-0.39, 0.29) is 17.9 Å². The summed E-state index contributed by atoms with van der Waals surface area (Å²) in [5, 5.41) is 7.58. The van der Waals surface area contributed by atoms with Gasteiger partial charge in [0.25, 0.3) is 5.91 Å². The van der Waals surface area contributed by atoms with Gasteiger partial charge in [0, 0.05) is 18.5 Å². The van der Waals surface area contributed by atoms with Crippen LogP contribution in [0.3, 0.4) is 0 Å². The summed E-state index contributed by atoms with van der Waals surface area (Å²) >= 11 is 1.22. The lowest BCUT2D eigenvalue weighted by Gasteiger charge is -2.15. The number of thiazole rings is 1. The highest BCUT2D eigenvalue weighted by molar-refractivity contribution is 7.09. The number of amides is 1. The summed E-state index contributed by atoms with van der Waals surface area (Å²) in [6, 6.07) is 3.19. The molecule has 9 heteroatoms. The van der Waals surface area contributed by atoms with Gasteiger partial charge in [-0.1, -0.05) is 6.92 Å². The van der Waals surface area contributed by atoms with Crippen molar-refractivity contribution in [3.05, 3.63) is 39.8 Å². The molecule has 2 rings (SSSR count). The molecular formula is C15H17F3N4OS.